The van der Waals surface area contributed by atoms with Crippen molar-refractivity contribution in [3.05, 3.63) is 241 Å². The summed E-state index contributed by atoms with van der Waals surface area (Å²) in [6.07, 6.45) is 5.24. The van der Waals surface area contributed by atoms with Gasteiger partial charge >= 0.3 is 0 Å². The Balaban J connectivity index is 1.03. The predicted octanol–water partition coefficient (Wildman–Crippen LogP) is 17.3. The number of hydrogen-bond donors (Lipinski definition) is 0. The molecule has 0 aliphatic heterocycles. The molecule has 11 aromatic carbocycles. The molecule has 15 aromatic rings. The van der Waals surface area contributed by atoms with Crippen LogP contribution in [0.5, 0.6) is 0 Å². The van der Waals surface area contributed by atoms with Crippen LogP contribution in [0.15, 0.2) is 229 Å². The van der Waals surface area contributed by atoms with Gasteiger partial charge in [-0.05, 0) is 123 Å². The van der Waals surface area contributed by atoms with Crippen LogP contribution >= 0.6 is 0 Å². The largest absolute Gasteiger partial charge is 0.454 e. The Bertz CT molecular complexity index is 4840. The number of benzene rings is 11. The van der Waals surface area contributed by atoms with Gasteiger partial charge in [0.2, 0.25) is 0 Å². The van der Waals surface area contributed by atoms with E-state index in [1.54, 1.807) is 0 Å². The number of aromatic nitrogens is 5. The van der Waals surface area contributed by atoms with E-state index >= 15 is 0 Å². The number of hydrogen-bond acceptors (Lipinski definition) is 4. The molecule has 1 aliphatic rings. The number of rotatable bonds is 5. The Morgan fingerprint density at radius 1 is 0.425 bits per heavy atom. The zero-order chi connectivity index (χ0) is 47.7. The van der Waals surface area contributed by atoms with Crippen molar-refractivity contribution in [2.24, 2.45) is 0 Å². The van der Waals surface area contributed by atoms with Gasteiger partial charge in [-0.15, -0.1) is 0 Å². The molecule has 0 saturated heterocycles. The summed E-state index contributed by atoms with van der Waals surface area (Å²) in [6, 6.07) is 78.5. The number of fused-ring (bicyclic) bond motifs is 15. The van der Waals surface area contributed by atoms with Crippen molar-refractivity contribution in [2.45, 2.75) is 12.3 Å². The van der Waals surface area contributed by atoms with Gasteiger partial charge in [0.15, 0.2) is 17.2 Å². The Morgan fingerprint density at radius 2 is 1.10 bits per heavy atom. The molecule has 0 fully saturated rings. The van der Waals surface area contributed by atoms with Gasteiger partial charge in [0.25, 0.3) is 0 Å². The summed E-state index contributed by atoms with van der Waals surface area (Å²) in [5.74, 6) is 1.83. The SMILES string of the molecule is C1=Cc2ccccc2C(c2nc(-c3ccc4c(c3)c3ccccc3n4-c3ccccc3)nc(-c3ccc4c(oc5ccc6ccccc6c54)c3-n3c4cc5ccccc5cc4c4c5ccccc5ccc43)n2)C1. The zero-order valence-electron chi connectivity index (χ0n) is 39.4. The fraction of sp³-hybridized carbons (Fsp3) is 0.0299. The molecule has 1 aliphatic carbocycles. The normalized spacial score (nSPS) is 13.8. The summed E-state index contributed by atoms with van der Waals surface area (Å²) < 4.78 is 12.1. The van der Waals surface area contributed by atoms with Crippen molar-refractivity contribution in [2.75, 3.05) is 0 Å². The first kappa shape index (κ1) is 40.1. The third-order valence-electron chi connectivity index (χ3n) is 15.4. The summed E-state index contributed by atoms with van der Waals surface area (Å²) >= 11 is 0. The average Bonchev–Trinajstić information content (AvgIpc) is 4.12. The molecule has 0 bridgehead atoms. The molecule has 6 nitrogen and oxygen atoms in total. The van der Waals surface area contributed by atoms with Gasteiger partial charge in [-0.25, -0.2) is 15.0 Å². The van der Waals surface area contributed by atoms with E-state index in [4.69, 9.17) is 19.4 Å². The van der Waals surface area contributed by atoms with Gasteiger partial charge in [-0.2, -0.15) is 0 Å². The first-order chi connectivity index (χ1) is 36.2. The van der Waals surface area contributed by atoms with Crippen LogP contribution in [-0.2, 0) is 0 Å². The molecular weight excluding hydrogens is 891 g/mol. The summed E-state index contributed by atoms with van der Waals surface area (Å²) in [5.41, 5.74) is 12.2. The van der Waals surface area contributed by atoms with Crippen molar-refractivity contribution < 1.29 is 4.42 Å². The van der Waals surface area contributed by atoms with Crippen molar-refractivity contribution >= 4 is 104 Å². The highest BCUT2D eigenvalue weighted by Crippen LogP contribution is 2.47. The fourth-order valence-electron chi connectivity index (χ4n) is 12.2. The minimum absolute atomic E-state index is 0.0962. The molecule has 0 amide bonds. The van der Waals surface area contributed by atoms with Gasteiger partial charge in [-0.1, -0.05) is 158 Å². The second-order valence-electron chi connectivity index (χ2n) is 19.4. The molecule has 4 aromatic heterocycles. The first-order valence-corrected chi connectivity index (χ1v) is 25.0. The molecule has 0 N–H and O–H groups in total. The predicted molar refractivity (Wildman–Crippen MR) is 301 cm³/mol. The van der Waals surface area contributed by atoms with Crippen molar-refractivity contribution in [1.29, 1.82) is 0 Å². The quantitative estimate of drug-likeness (QED) is 0.172. The summed E-state index contributed by atoms with van der Waals surface area (Å²) in [5, 5.41) is 13.8. The van der Waals surface area contributed by atoms with Gasteiger partial charge in [-0.3, -0.25) is 0 Å². The Kier molecular flexibility index (Phi) is 8.48. The minimum Gasteiger partial charge on any atom is -0.454 e. The van der Waals surface area contributed by atoms with Crippen LogP contribution in [0.1, 0.15) is 29.3 Å². The molecule has 0 radical (unpaired) electrons. The van der Waals surface area contributed by atoms with Crippen LogP contribution in [-0.4, -0.2) is 24.1 Å². The van der Waals surface area contributed by atoms with E-state index < -0.39 is 0 Å². The highest BCUT2D eigenvalue weighted by atomic mass is 16.3. The highest BCUT2D eigenvalue weighted by Gasteiger charge is 2.29. The van der Waals surface area contributed by atoms with Crippen LogP contribution in [0.2, 0.25) is 0 Å². The molecule has 6 heteroatoms. The zero-order valence-corrected chi connectivity index (χ0v) is 39.4. The highest BCUT2D eigenvalue weighted by molar-refractivity contribution is 6.25. The molecule has 340 valence electrons. The van der Waals surface area contributed by atoms with Crippen LogP contribution in [0, 0.1) is 0 Å². The number of furan rings is 1. The molecule has 0 saturated carbocycles. The maximum Gasteiger partial charge on any atom is 0.165 e. The van der Waals surface area contributed by atoms with E-state index in [0.29, 0.717) is 11.6 Å². The molecule has 16 rings (SSSR count). The Hall–Kier alpha value is -9.65. The Labute approximate surface area is 418 Å². The standard InChI is InChI=1S/C67H41N5O/c1-2-21-46(22-3-1)71-56-28-13-12-26-50(56)54-38-45(30-34-57(54)71)65-68-66(51-27-14-20-40-15-6-9-23-47(40)51)70-67(69-65)53-33-32-52-62-49-25-11-8-17-42(49)31-36-60(62)73-64(52)63(53)72-58-35-29-41-16-7-10-24-48(41)61(58)55-37-43-18-4-5-19-44(43)39-59(55)72/h1-26,28-39,51H,27H2. The van der Waals surface area contributed by atoms with E-state index in [1.165, 1.54) is 43.4 Å². The minimum atomic E-state index is -0.0962. The van der Waals surface area contributed by atoms with E-state index in [0.717, 1.165) is 100 Å². The average molecular weight is 932 g/mol. The lowest BCUT2D eigenvalue weighted by Gasteiger charge is -2.22. The van der Waals surface area contributed by atoms with Gasteiger partial charge in [0, 0.05) is 55.0 Å². The van der Waals surface area contributed by atoms with Gasteiger partial charge < -0.3 is 13.6 Å². The second kappa shape index (κ2) is 15.4. The maximum atomic E-state index is 7.28. The fourth-order valence-corrected chi connectivity index (χ4v) is 12.2. The van der Waals surface area contributed by atoms with E-state index in [-0.39, 0.29) is 5.92 Å². The lowest BCUT2D eigenvalue weighted by atomic mass is 9.86. The van der Waals surface area contributed by atoms with E-state index in [1.807, 2.05) is 0 Å². The van der Waals surface area contributed by atoms with Crippen molar-refractivity contribution in [1.82, 2.24) is 24.1 Å². The first-order valence-electron chi connectivity index (χ1n) is 25.0. The lowest BCUT2D eigenvalue weighted by Crippen LogP contribution is -2.13. The number of para-hydroxylation sites is 2. The maximum absolute atomic E-state index is 7.28. The van der Waals surface area contributed by atoms with Crippen LogP contribution in [0.4, 0.5) is 0 Å². The molecular formula is C67H41N5O. The van der Waals surface area contributed by atoms with Gasteiger partial charge in [0.05, 0.1) is 22.1 Å². The topological polar surface area (TPSA) is 61.7 Å². The monoisotopic (exact) mass is 931 g/mol. The molecule has 4 heterocycles. The smallest absolute Gasteiger partial charge is 0.165 e. The second-order valence-corrected chi connectivity index (χ2v) is 19.4. The van der Waals surface area contributed by atoms with Crippen LogP contribution in [0.3, 0.4) is 0 Å². The van der Waals surface area contributed by atoms with Gasteiger partial charge in [0.1, 0.15) is 17.1 Å². The molecule has 1 unspecified atom stereocenters. The molecule has 0 spiro atoms. The van der Waals surface area contributed by atoms with Crippen LogP contribution in [0.25, 0.3) is 138 Å². The molecule has 1 atom stereocenters. The lowest BCUT2D eigenvalue weighted by molar-refractivity contribution is 0.666. The van der Waals surface area contributed by atoms with Crippen molar-refractivity contribution in [3.8, 4) is 34.2 Å². The summed E-state index contributed by atoms with van der Waals surface area (Å²) in [7, 11) is 0. The summed E-state index contributed by atoms with van der Waals surface area (Å²) in [4.78, 5) is 16.8. The van der Waals surface area contributed by atoms with Crippen LogP contribution < -0.4 is 0 Å². The van der Waals surface area contributed by atoms with Crippen molar-refractivity contribution in [3.63, 3.8) is 0 Å². The Morgan fingerprint density at radius 3 is 1.95 bits per heavy atom. The molecule has 73 heavy (non-hydrogen) atoms. The summed E-state index contributed by atoms with van der Waals surface area (Å²) in [6.45, 7) is 0. The third-order valence-corrected chi connectivity index (χ3v) is 15.4. The van der Waals surface area contributed by atoms with E-state index in [9.17, 15) is 0 Å². The number of nitrogens with zero attached hydrogens (tertiary/aromatic N) is 5. The van der Waals surface area contributed by atoms with E-state index in [2.05, 4.69) is 240 Å². The number of allylic oxidation sites excluding steroid dienone is 1. The third kappa shape index (κ3) is 5.95.